The topological polar surface area (TPSA) is 79.7 Å². The summed E-state index contributed by atoms with van der Waals surface area (Å²) in [6.07, 6.45) is 4.33. The van der Waals surface area contributed by atoms with Crippen LogP contribution in [0, 0.1) is 12.8 Å². The maximum absolute atomic E-state index is 12.2. The van der Waals surface area contributed by atoms with Crippen molar-refractivity contribution in [1.82, 2.24) is 9.88 Å². The number of rotatable bonds is 6. The SMILES string of the molecule is Cc1nc(COc2ccc(/C=C/C(=O)N3CCC(C(=O)O)CC3)cc2)cs1. The lowest BCUT2D eigenvalue weighted by atomic mass is 9.97. The van der Waals surface area contributed by atoms with Crippen LogP contribution in [0.4, 0.5) is 0 Å². The Labute approximate surface area is 162 Å². The molecule has 142 valence electrons. The molecule has 1 N–H and O–H groups in total. The van der Waals surface area contributed by atoms with Gasteiger partial charge in [0.25, 0.3) is 0 Å². The van der Waals surface area contributed by atoms with Gasteiger partial charge in [0.2, 0.25) is 5.91 Å². The first-order chi connectivity index (χ1) is 13.0. The number of aliphatic carboxylic acids is 1. The molecule has 0 bridgehead atoms. The minimum absolute atomic E-state index is 0.0851. The number of thiazole rings is 1. The Bertz CT molecular complexity index is 821. The van der Waals surface area contributed by atoms with Crippen molar-refractivity contribution in [3.05, 3.63) is 52.0 Å². The second-order valence-electron chi connectivity index (χ2n) is 6.49. The minimum Gasteiger partial charge on any atom is -0.487 e. The van der Waals surface area contributed by atoms with Crippen LogP contribution in [0.15, 0.2) is 35.7 Å². The molecule has 2 heterocycles. The Kier molecular flexibility index (Phi) is 6.24. The predicted molar refractivity (Wildman–Crippen MR) is 104 cm³/mol. The number of aryl methyl sites for hydroxylation is 1. The van der Waals surface area contributed by atoms with Gasteiger partial charge in [0, 0.05) is 24.5 Å². The third-order valence-electron chi connectivity index (χ3n) is 4.51. The quantitative estimate of drug-likeness (QED) is 0.770. The van der Waals surface area contributed by atoms with Crippen LogP contribution in [0.5, 0.6) is 5.75 Å². The van der Waals surface area contributed by atoms with E-state index in [-0.39, 0.29) is 11.8 Å². The smallest absolute Gasteiger partial charge is 0.306 e. The zero-order chi connectivity index (χ0) is 19.2. The van der Waals surface area contributed by atoms with Gasteiger partial charge in [0.05, 0.1) is 16.6 Å². The van der Waals surface area contributed by atoms with E-state index in [1.807, 2.05) is 36.6 Å². The van der Waals surface area contributed by atoms with Gasteiger partial charge in [-0.1, -0.05) is 12.1 Å². The minimum atomic E-state index is -0.773. The molecule has 3 rings (SSSR count). The molecule has 7 heteroatoms. The van der Waals surface area contributed by atoms with Crippen molar-refractivity contribution in [3.63, 3.8) is 0 Å². The molecule has 1 amide bonds. The summed E-state index contributed by atoms with van der Waals surface area (Å²) >= 11 is 1.60. The summed E-state index contributed by atoms with van der Waals surface area (Å²) < 4.78 is 5.71. The number of hydrogen-bond acceptors (Lipinski definition) is 5. The van der Waals surface area contributed by atoms with E-state index in [1.54, 1.807) is 22.3 Å². The van der Waals surface area contributed by atoms with Crippen molar-refractivity contribution >= 4 is 29.3 Å². The summed E-state index contributed by atoms with van der Waals surface area (Å²) in [7, 11) is 0. The number of aromatic nitrogens is 1. The van der Waals surface area contributed by atoms with Gasteiger partial charge in [0.15, 0.2) is 0 Å². The van der Waals surface area contributed by atoms with Crippen LogP contribution in [-0.2, 0) is 16.2 Å². The maximum atomic E-state index is 12.2. The number of likely N-dealkylation sites (tertiary alicyclic amines) is 1. The van der Waals surface area contributed by atoms with Crippen LogP contribution in [-0.4, -0.2) is 40.0 Å². The molecule has 1 saturated heterocycles. The van der Waals surface area contributed by atoms with E-state index in [0.717, 1.165) is 22.0 Å². The second-order valence-corrected chi connectivity index (χ2v) is 7.55. The molecule has 1 aliphatic heterocycles. The van der Waals surface area contributed by atoms with Crippen LogP contribution in [0.2, 0.25) is 0 Å². The summed E-state index contributed by atoms with van der Waals surface area (Å²) in [5, 5.41) is 12.0. The van der Waals surface area contributed by atoms with Gasteiger partial charge in [-0.3, -0.25) is 9.59 Å². The Hall–Kier alpha value is -2.67. The molecule has 2 aromatic rings. The molecular weight excluding hydrogens is 364 g/mol. The molecule has 0 radical (unpaired) electrons. The highest BCUT2D eigenvalue weighted by molar-refractivity contribution is 7.09. The standard InChI is InChI=1S/C20H22N2O4S/c1-14-21-17(13-27-14)12-26-18-5-2-15(3-6-18)4-7-19(23)22-10-8-16(9-11-22)20(24)25/h2-7,13,16H,8-12H2,1H3,(H,24,25)/b7-4+. The lowest BCUT2D eigenvalue weighted by molar-refractivity contribution is -0.144. The Morgan fingerprint density at radius 2 is 2.00 bits per heavy atom. The molecule has 0 unspecified atom stereocenters. The van der Waals surface area contributed by atoms with Gasteiger partial charge < -0.3 is 14.7 Å². The van der Waals surface area contributed by atoms with Crippen molar-refractivity contribution in [1.29, 1.82) is 0 Å². The second kappa shape index (κ2) is 8.81. The van der Waals surface area contributed by atoms with E-state index >= 15 is 0 Å². The lowest BCUT2D eigenvalue weighted by Gasteiger charge is -2.29. The van der Waals surface area contributed by atoms with Crippen molar-refractivity contribution in [2.45, 2.75) is 26.4 Å². The van der Waals surface area contributed by atoms with Gasteiger partial charge >= 0.3 is 5.97 Å². The molecule has 0 saturated carbocycles. The van der Waals surface area contributed by atoms with E-state index < -0.39 is 5.97 Å². The van der Waals surface area contributed by atoms with Crippen LogP contribution in [0.3, 0.4) is 0 Å². The molecule has 1 aliphatic rings. The van der Waals surface area contributed by atoms with Crippen molar-refractivity contribution in [2.24, 2.45) is 5.92 Å². The van der Waals surface area contributed by atoms with Crippen molar-refractivity contribution in [3.8, 4) is 5.75 Å². The van der Waals surface area contributed by atoms with Crippen LogP contribution >= 0.6 is 11.3 Å². The third-order valence-corrected chi connectivity index (χ3v) is 5.33. The average molecular weight is 386 g/mol. The normalized spacial score (nSPS) is 15.2. The van der Waals surface area contributed by atoms with Crippen LogP contribution < -0.4 is 4.74 Å². The monoisotopic (exact) mass is 386 g/mol. The zero-order valence-corrected chi connectivity index (χ0v) is 15.9. The Morgan fingerprint density at radius 3 is 2.59 bits per heavy atom. The highest BCUT2D eigenvalue weighted by Crippen LogP contribution is 2.19. The Balaban J connectivity index is 1.48. The first-order valence-electron chi connectivity index (χ1n) is 8.85. The summed E-state index contributed by atoms with van der Waals surface area (Å²) in [6.45, 7) is 3.38. The molecule has 0 spiro atoms. The van der Waals surface area contributed by atoms with E-state index in [0.29, 0.717) is 32.5 Å². The average Bonchev–Trinajstić information content (AvgIpc) is 3.10. The van der Waals surface area contributed by atoms with Gasteiger partial charge in [0.1, 0.15) is 12.4 Å². The van der Waals surface area contributed by atoms with Gasteiger partial charge in [-0.25, -0.2) is 4.98 Å². The lowest BCUT2D eigenvalue weighted by Crippen LogP contribution is -2.39. The van der Waals surface area contributed by atoms with E-state index in [2.05, 4.69) is 4.98 Å². The largest absolute Gasteiger partial charge is 0.487 e. The number of hydrogen-bond donors (Lipinski definition) is 1. The number of nitrogens with zero attached hydrogens (tertiary/aromatic N) is 2. The van der Waals surface area contributed by atoms with Crippen LogP contribution in [0.1, 0.15) is 29.1 Å². The molecule has 1 aromatic carbocycles. The fraction of sp³-hybridized carbons (Fsp3) is 0.350. The van der Waals surface area contributed by atoms with Gasteiger partial charge in [-0.2, -0.15) is 0 Å². The number of amides is 1. The molecule has 0 atom stereocenters. The number of piperidine rings is 1. The number of ether oxygens (including phenoxy) is 1. The molecule has 1 fully saturated rings. The first kappa shape index (κ1) is 19.1. The number of carbonyl (C=O) groups excluding carboxylic acids is 1. The predicted octanol–water partition coefficient (Wildman–Crippen LogP) is 3.37. The fourth-order valence-corrected chi connectivity index (χ4v) is 3.52. The zero-order valence-electron chi connectivity index (χ0n) is 15.1. The number of carboxylic acid groups (broad SMARTS) is 1. The first-order valence-corrected chi connectivity index (χ1v) is 9.73. The fourth-order valence-electron chi connectivity index (χ4n) is 2.93. The molecule has 6 nitrogen and oxygen atoms in total. The molecular formula is C20H22N2O4S. The number of carboxylic acids is 1. The van der Waals surface area contributed by atoms with Gasteiger partial charge in [-0.15, -0.1) is 11.3 Å². The summed E-state index contributed by atoms with van der Waals surface area (Å²) in [4.78, 5) is 29.3. The van der Waals surface area contributed by atoms with Gasteiger partial charge in [-0.05, 0) is 43.5 Å². The van der Waals surface area contributed by atoms with E-state index in [9.17, 15) is 9.59 Å². The molecule has 27 heavy (non-hydrogen) atoms. The maximum Gasteiger partial charge on any atom is 0.306 e. The molecule has 1 aromatic heterocycles. The number of carbonyl (C=O) groups is 2. The van der Waals surface area contributed by atoms with E-state index in [1.165, 1.54) is 6.08 Å². The van der Waals surface area contributed by atoms with Crippen molar-refractivity contribution < 1.29 is 19.4 Å². The molecule has 0 aliphatic carbocycles. The summed E-state index contributed by atoms with van der Waals surface area (Å²) in [5.74, 6) is -0.443. The summed E-state index contributed by atoms with van der Waals surface area (Å²) in [6, 6.07) is 7.51. The van der Waals surface area contributed by atoms with Crippen molar-refractivity contribution in [2.75, 3.05) is 13.1 Å². The van der Waals surface area contributed by atoms with E-state index in [4.69, 9.17) is 9.84 Å². The third kappa shape index (κ3) is 5.40. The summed E-state index contributed by atoms with van der Waals surface area (Å²) in [5.41, 5.74) is 1.82. The van der Waals surface area contributed by atoms with Crippen LogP contribution in [0.25, 0.3) is 6.08 Å². The highest BCUT2D eigenvalue weighted by Gasteiger charge is 2.25. The number of benzene rings is 1. The highest BCUT2D eigenvalue weighted by atomic mass is 32.1. The Morgan fingerprint density at radius 1 is 1.30 bits per heavy atom.